The Morgan fingerprint density at radius 2 is 2.06 bits per heavy atom. The largest absolute Gasteiger partial charge is 0.497 e. The molecule has 4 aromatic rings. The number of fused-ring (bicyclic) bond motifs is 2. The van der Waals surface area contributed by atoms with Crippen molar-refractivity contribution in [3.05, 3.63) is 60.3 Å². The second-order valence-corrected chi connectivity index (χ2v) is 12.7. The van der Waals surface area contributed by atoms with Crippen molar-refractivity contribution >= 4 is 33.4 Å². The summed E-state index contributed by atoms with van der Waals surface area (Å²) in [6.07, 6.45) is 10.1. The molecule has 2 fully saturated rings. The molecule has 0 saturated carbocycles. The van der Waals surface area contributed by atoms with Crippen molar-refractivity contribution in [2.45, 2.75) is 50.4 Å². The molecule has 1 unspecified atom stereocenters. The lowest BCUT2D eigenvalue weighted by Crippen LogP contribution is -2.43. The van der Waals surface area contributed by atoms with Gasteiger partial charge in [-0.2, -0.15) is 9.97 Å². The Labute approximate surface area is 277 Å². The van der Waals surface area contributed by atoms with Gasteiger partial charge in [-0.05, 0) is 62.9 Å². The molecule has 2 aromatic heterocycles. The molecule has 1 amide bonds. The van der Waals surface area contributed by atoms with Crippen LogP contribution in [-0.2, 0) is 4.79 Å². The van der Waals surface area contributed by atoms with Crippen LogP contribution in [0.25, 0.3) is 32.9 Å². The SMILES string of the molecule is C#Cc1c(F)ccc2cc(OC)cc(-c3ncc4c(N5CCCCC(NC(=O)C=C)C5)nc(OC[C@]5(C)C[C@@H](F)CN5C)nc4c3F)c12. The summed E-state index contributed by atoms with van der Waals surface area (Å²) in [7, 11) is 3.30. The molecule has 1 N–H and O–H groups in total. The average molecular weight is 659 g/mol. The predicted octanol–water partition coefficient (Wildman–Crippen LogP) is 5.59. The number of rotatable bonds is 8. The number of anilines is 1. The summed E-state index contributed by atoms with van der Waals surface area (Å²) in [6, 6.07) is 5.75. The molecule has 2 aliphatic rings. The van der Waals surface area contributed by atoms with Crippen LogP contribution in [-0.4, -0.2) is 83.9 Å². The van der Waals surface area contributed by atoms with Gasteiger partial charge in [0.15, 0.2) is 5.82 Å². The van der Waals surface area contributed by atoms with Gasteiger partial charge in [0.1, 0.15) is 41.4 Å². The maximum atomic E-state index is 16.9. The number of aromatic nitrogens is 3. The average Bonchev–Trinajstić information content (AvgIpc) is 3.20. The van der Waals surface area contributed by atoms with E-state index < -0.39 is 23.3 Å². The number of hydrogen-bond acceptors (Lipinski definition) is 8. The Kier molecular flexibility index (Phi) is 9.16. The van der Waals surface area contributed by atoms with Crippen LogP contribution in [0.4, 0.5) is 19.0 Å². The summed E-state index contributed by atoms with van der Waals surface area (Å²) >= 11 is 0. The second-order valence-electron chi connectivity index (χ2n) is 12.7. The first-order valence-corrected chi connectivity index (χ1v) is 15.8. The van der Waals surface area contributed by atoms with E-state index in [1.807, 2.05) is 23.8 Å². The molecule has 48 heavy (non-hydrogen) atoms. The van der Waals surface area contributed by atoms with Gasteiger partial charge >= 0.3 is 6.01 Å². The highest BCUT2D eigenvalue weighted by atomic mass is 19.1. The molecule has 4 heterocycles. The molecule has 2 aliphatic heterocycles. The van der Waals surface area contributed by atoms with Gasteiger partial charge in [0, 0.05) is 49.2 Å². The van der Waals surface area contributed by atoms with Crippen LogP contribution >= 0.6 is 0 Å². The summed E-state index contributed by atoms with van der Waals surface area (Å²) in [5.74, 6) is 1.48. The van der Waals surface area contributed by atoms with Crippen LogP contribution < -0.4 is 19.7 Å². The summed E-state index contributed by atoms with van der Waals surface area (Å²) in [4.78, 5) is 29.8. The van der Waals surface area contributed by atoms with Gasteiger partial charge in [0.2, 0.25) is 5.91 Å². The molecule has 0 radical (unpaired) electrons. The van der Waals surface area contributed by atoms with E-state index in [4.69, 9.17) is 20.9 Å². The highest BCUT2D eigenvalue weighted by Gasteiger charge is 2.41. The number of amides is 1. The minimum absolute atomic E-state index is 0.0314. The number of carbonyl (C=O) groups is 1. The Balaban J connectivity index is 1.52. The first-order valence-electron chi connectivity index (χ1n) is 15.8. The van der Waals surface area contributed by atoms with Crippen molar-refractivity contribution in [3.63, 3.8) is 0 Å². The number of alkyl halides is 1. The van der Waals surface area contributed by atoms with E-state index >= 15 is 4.39 Å². The minimum Gasteiger partial charge on any atom is -0.497 e. The van der Waals surface area contributed by atoms with Crippen LogP contribution in [0.2, 0.25) is 0 Å². The molecule has 0 bridgehead atoms. The summed E-state index contributed by atoms with van der Waals surface area (Å²) in [5, 5.41) is 4.14. The molecule has 2 saturated heterocycles. The monoisotopic (exact) mass is 658 g/mol. The fourth-order valence-electron chi connectivity index (χ4n) is 6.69. The van der Waals surface area contributed by atoms with E-state index in [0.29, 0.717) is 40.8 Å². The van der Waals surface area contributed by atoms with E-state index in [1.165, 1.54) is 25.4 Å². The highest BCUT2D eigenvalue weighted by Crippen LogP contribution is 2.39. The number of nitrogens with zero attached hydrogens (tertiary/aromatic N) is 5. The van der Waals surface area contributed by atoms with Gasteiger partial charge in [0.25, 0.3) is 0 Å². The summed E-state index contributed by atoms with van der Waals surface area (Å²) in [6.45, 7) is 6.76. The molecule has 6 rings (SSSR count). The van der Waals surface area contributed by atoms with Gasteiger partial charge in [-0.1, -0.05) is 18.6 Å². The normalized spacial score (nSPS) is 21.6. The molecule has 0 spiro atoms. The second kappa shape index (κ2) is 13.3. The number of hydrogen-bond donors (Lipinski definition) is 1. The smallest absolute Gasteiger partial charge is 0.319 e. The molecule has 9 nitrogen and oxygen atoms in total. The topological polar surface area (TPSA) is 92.7 Å². The lowest BCUT2D eigenvalue weighted by atomic mass is 9.95. The van der Waals surface area contributed by atoms with Crippen molar-refractivity contribution < 1.29 is 27.4 Å². The van der Waals surface area contributed by atoms with Gasteiger partial charge < -0.3 is 19.7 Å². The summed E-state index contributed by atoms with van der Waals surface area (Å²) < 4.78 is 57.8. The zero-order valence-electron chi connectivity index (χ0n) is 27.2. The van der Waals surface area contributed by atoms with E-state index in [-0.39, 0.29) is 59.9 Å². The predicted molar refractivity (Wildman–Crippen MR) is 179 cm³/mol. The first kappa shape index (κ1) is 33.0. The number of terminal acetylenes is 1. The zero-order chi connectivity index (χ0) is 34.2. The molecule has 12 heteroatoms. The van der Waals surface area contributed by atoms with Crippen LogP contribution in [0, 0.1) is 24.0 Å². The van der Waals surface area contributed by atoms with E-state index in [0.717, 1.165) is 19.3 Å². The molecule has 3 atom stereocenters. The first-order chi connectivity index (χ1) is 23.0. The Morgan fingerprint density at radius 1 is 1.25 bits per heavy atom. The Hall–Kier alpha value is -4.89. The number of methoxy groups -OCH3 is 1. The van der Waals surface area contributed by atoms with Gasteiger partial charge in [-0.3, -0.25) is 14.7 Å². The van der Waals surface area contributed by atoms with Gasteiger partial charge in [-0.15, -0.1) is 6.42 Å². The van der Waals surface area contributed by atoms with Crippen LogP contribution in [0.5, 0.6) is 11.8 Å². The molecular weight excluding hydrogens is 621 g/mol. The number of pyridine rings is 1. The van der Waals surface area contributed by atoms with Crippen LogP contribution in [0.3, 0.4) is 0 Å². The zero-order valence-corrected chi connectivity index (χ0v) is 27.2. The molecule has 250 valence electrons. The van der Waals surface area contributed by atoms with Crippen molar-refractivity contribution in [3.8, 4) is 35.4 Å². The maximum Gasteiger partial charge on any atom is 0.319 e. The maximum absolute atomic E-state index is 16.9. The Bertz CT molecular complexity index is 1950. The minimum atomic E-state index is -1.00. The van der Waals surface area contributed by atoms with E-state index in [9.17, 15) is 13.6 Å². The Morgan fingerprint density at radius 3 is 2.77 bits per heavy atom. The number of carbonyl (C=O) groups excluding carboxylic acids is 1. The van der Waals surface area contributed by atoms with E-state index in [1.54, 1.807) is 18.2 Å². The van der Waals surface area contributed by atoms with Crippen molar-refractivity contribution in [2.24, 2.45) is 0 Å². The van der Waals surface area contributed by atoms with Crippen LogP contribution in [0.15, 0.2) is 43.1 Å². The fraction of sp³-hybridized carbons (Fsp3) is 0.389. The molecule has 0 aliphatic carbocycles. The molecule has 2 aromatic carbocycles. The lowest BCUT2D eigenvalue weighted by molar-refractivity contribution is -0.117. The number of halogens is 3. The quantitative estimate of drug-likeness (QED) is 0.194. The van der Waals surface area contributed by atoms with Crippen LogP contribution in [0.1, 0.15) is 38.2 Å². The van der Waals surface area contributed by atoms with Gasteiger partial charge in [0.05, 0.1) is 23.6 Å². The number of benzene rings is 2. The lowest BCUT2D eigenvalue weighted by Gasteiger charge is -2.31. The number of likely N-dealkylation sites (N-methyl/N-ethyl adjacent to an activating group) is 1. The van der Waals surface area contributed by atoms with Crippen molar-refractivity contribution in [1.29, 1.82) is 0 Å². The number of ether oxygens (including phenoxy) is 2. The standard InChI is InChI=1S/C36H37F3N6O3/c1-6-25-28(38)12-11-21-14-24(47-5)15-26(30(21)25)32-31(39)33-27(17-40-32)34(45-13-9-8-10-23(19-45)41-29(46)7-2)43-35(42-33)48-20-36(3)16-22(37)18-44(36)4/h1,7,11-12,14-15,17,22-23H,2,8-10,13,16,18-20H2,3-5H3,(H,41,46)/t22-,23?,36+/m1/s1. The van der Waals surface area contributed by atoms with Crippen molar-refractivity contribution in [1.82, 2.24) is 25.2 Å². The third-order valence-electron chi connectivity index (χ3n) is 9.39. The summed E-state index contributed by atoms with van der Waals surface area (Å²) in [5.41, 5.74) is -0.610. The van der Waals surface area contributed by atoms with Gasteiger partial charge in [-0.25, -0.2) is 13.2 Å². The number of likely N-dealkylation sites (tertiary alicyclic amines) is 1. The fourth-order valence-corrected chi connectivity index (χ4v) is 6.69. The van der Waals surface area contributed by atoms with E-state index in [2.05, 4.69) is 27.8 Å². The highest BCUT2D eigenvalue weighted by molar-refractivity contribution is 6.03. The third kappa shape index (κ3) is 6.22. The van der Waals surface area contributed by atoms with Crippen molar-refractivity contribution in [2.75, 3.05) is 45.3 Å². The number of nitrogens with one attached hydrogen (secondary N) is 1. The molecular formula is C36H37F3N6O3. The third-order valence-corrected chi connectivity index (χ3v) is 9.39.